The molecule has 2 aliphatic heterocycles. The van der Waals surface area contributed by atoms with Crippen molar-refractivity contribution in [1.29, 1.82) is 0 Å². The van der Waals surface area contributed by atoms with Crippen LogP contribution in [0.25, 0.3) is 0 Å². The SMILES string of the molecule is CCOC(=O)CC1OB(O)c2cc(O)cc(C)c21.CCOC(=O)CC1OB(O)c2cc(OC(=O)N(C)C)cc(C)c21.CN(C)C(=O)Cl. The Labute approximate surface area is 279 Å². The van der Waals surface area contributed by atoms with Crippen molar-refractivity contribution in [3.8, 4) is 11.5 Å². The Morgan fingerprint density at radius 1 is 0.787 bits per heavy atom. The summed E-state index contributed by atoms with van der Waals surface area (Å²) >= 11 is 4.90. The number of nitrogens with zero attached hydrogens (tertiary/aromatic N) is 2. The van der Waals surface area contributed by atoms with E-state index in [1.54, 1.807) is 67.2 Å². The first-order chi connectivity index (χ1) is 22.0. The Kier molecular flexibility index (Phi) is 15.0. The number of carbonyl (C=O) groups is 4. The van der Waals surface area contributed by atoms with E-state index in [0.717, 1.165) is 22.3 Å². The molecule has 2 aromatic rings. The summed E-state index contributed by atoms with van der Waals surface area (Å²) in [7, 11) is 4.07. The number of hydrogen-bond donors (Lipinski definition) is 3. The summed E-state index contributed by atoms with van der Waals surface area (Å²) in [6, 6.07) is 6.27. The molecule has 256 valence electrons. The first kappa shape index (κ1) is 39.4. The van der Waals surface area contributed by atoms with Crippen LogP contribution >= 0.6 is 11.6 Å². The molecule has 2 heterocycles. The Hall–Kier alpha value is -3.82. The second-order valence-corrected chi connectivity index (χ2v) is 11.2. The summed E-state index contributed by atoms with van der Waals surface area (Å²) in [5.41, 5.74) is 4.07. The van der Waals surface area contributed by atoms with Crippen molar-refractivity contribution in [3.05, 3.63) is 46.5 Å². The van der Waals surface area contributed by atoms with Gasteiger partial charge in [0, 0.05) is 28.2 Å². The molecule has 2 aliphatic rings. The van der Waals surface area contributed by atoms with Crippen LogP contribution in [0.3, 0.4) is 0 Å². The van der Waals surface area contributed by atoms with Crippen LogP contribution in [0.4, 0.5) is 9.59 Å². The molecule has 0 fully saturated rings. The lowest BCUT2D eigenvalue weighted by Crippen LogP contribution is -2.30. The summed E-state index contributed by atoms with van der Waals surface area (Å²) < 4.78 is 25.8. The fourth-order valence-corrected chi connectivity index (χ4v) is 4.77. The van der Waals surface area contributed by atoms with E-state index in [1.165, 1.54) is 15.9 Å². The smallest absolute Gasteiger partial charge is 0.492 e. The topological polar surface area (TPSA) is 182 Å². The molecule has 2 amide bonds. The van der Waals surface area contributed by atoms with Gasteiger partial charge in [-0.15, -0.1) is 0 Å². The maximum absolute atomic E-state index is 11.7. The van der Waals surface area contributed by atoms with Gasteiger partial charge in [0.25, 0.3) is 0 Å². The Morgan fingerprint density at radius 2 is 1.21 bits per heavy atom. The predicted molar refractivity (Wildman–Crippen MR) is 174 cm³/mol. The van der Waals surface area contributed by atoms with Crippen LogP contribution < -0.4 is 15.7 Å². The third-order valence-corrected chi connectivity index (χ3v) is 7.13. The summed E-state index contributed by atoms with van der Waals surface area (Å²) in [5, 5.41) is 28.9. The Bertz CT molecular complexity index is 1440. The minimum Gasteiger partial charge on any atom is -0.508 e. The number of rotatable bonds is 7. The molecule has 2 aromatic carbocycles. The monoisotopic (exact) mass is 678 g/mol. The van der Waals surface area contributed by atoms with Crippen LogP contribution in [0, 0.1) is 13.8 Å². The van der Waals surface area contributed by atoms with Crippen molar-refractivity contribution in [1.82, 2.24) is 9.80 Å². The van der Waals surface area contributed by atoms with E-state index in [2.05, 4.69) is 0 Å². The lowest BCUT2D eigenvalue weighted by molar-refractivity contribution is -0.146. The number of fused-ring (bicyclic) bond motifs is 2. The van der Waals surface area contributed by atoms with Crippen molar-refractivity contribution >= 4 is 60.2 Å². The summed E-state index contributed by atoms with van der Waals surface area (Å²) in [6.45, 7) is 7.69. The number of ether oxygens (including phenoxy) is 3. The molecule has 0 aliphatic carbocycles. The highest BCUT2D eigenvalue weighted by atomic mass is 35.5. The van der Waals surface area contributed by atoms with E-state index < -0.39 is 37.9 Å². The molecule has 14 nitrogen and oxygen atoms in total. The van der Waals surface area contributed by atoms with Gasteiger partial charge in [0.05, 0.1) is 38.3 Å². The number of esters is 2. The van der Waals surface area contributed by atoms with Crippen LogP contribution in [-0.2, 0) is 28.4 Å². The summed E-state index contributed by atoms with van der Waals surface area (Å²) in [5.74, 6) is -0.361. The molecule has 2 atom stereocenters. The van der Waals surface area contributed by atoms with Gasteiger partial charge >= 0.3 is 37.6 Å². The number of carbonyl (C=O) groups excluding carboxylic acids is 4. The highest BCUT2D eigenvalue weighted by Crippen LogP contribution is 2.33. The normalized spacial score (nSPS) is 15.6. The zero-order valence-electron chi connectivity index (χ0n) is 27.7. The van der Waals surface area contributed by atoms with Gasteiger partial charge in [0.1, 0.15) is 11.5 Å². The van der Waals surface area contributed by atoms with Crippen LogP contribution in [0.5, 0.6) is 11.5 Å². The van der Waals surface area contributed by atoms with E-state index >= 15 is 0 Å². The molecule has 3 N–H and O–H groups in total. The molecule has 2 unspecified atom stereocenters. The van der Waals surface area contributed by atoms with Gasteiger partial charge in [-0.05, 0) is 96.7 Å². The van der Waals surface area contributed by atoms with E-state index in [0.29, 0.717) is 29.9 Å². The number of aromatic hydroxyl groups is 1. The van der Waals surface area contributed by atoms with Gasteiger partial charge in [-0.2, -0.15) is 0 Å². The predicted octanol–water partition coefficient (Wildman–Crippen LogP) is 2.09. The molecular weight excluding hydrogens is 637 g/mol. The third kappa shape index (κ3) is 11.1. The minimum absolute atomic E-state index is 0.0234. The van der Waals surface area contributed by atoms with Crippen molar-refractivity contribution in [3.63, 3.8) is 0 Å². The van der Waals surface area contributed by atoms with Gasteiger partial charge < -0.3 is 48.5 Å². The molecule has 0 saturated heterocycles. The number of phenolic OH excluding ortho intramolecular Hbond substituents is 1. The number of aryl methyl sites for hydroxylation is 2. The largest absolute Gasteiger partial charge is 0.508 e. The Balaban J connectivity index is 0.000000284. The van der Waals surface area contributed by atoms with E-state index in [-0.39, 0.29) is 30.5 Å². The van der Waals surface area contributed by atoms with Crippen LogP contribution in [0.1, 0.15) is 61.2 Å². The van der Waals surface area contributed by atoms with Crippen molar-refractivity contribution in [2.75, 3.05) is 41.4 Å². The number of benzene rings is 2. The van der Waals surface area contributed by atoms with Crippen molar-refractivity contribution in [2.45, 2.75) is 52.7 Å². The molecule has 0 bridgehead atoms. The molecule has 4 rings (SSSR count). The van der Waals surface area contributed by atoms with Gasteiger partial charge in [0.2, 0.25) is 0 Å². The zero-order valence-corrected chi connectivity index (χ0v) is 28.5. The zero-order chi connectivity index (χ0) is 35.6. The molecule has 0 radical (unpaired) electrons. The van der Waals surface area contributed by atoms with Gasteiger partial charge in [0.15, 0.2) is 0 Å². The summed E-state index contributed by atoms with van der Waals surface area (Å²) in [6.07, 6.45) is -1.52. The minimum atomic E-state index is -1.17. The second kappa shape index (κ2) is 17.9. The van der Waals surface area contributed by atoms with E-state index in [4.69, 9.17) is 35.1 Å². The van der Waals surface area contributed by atoms with Crippen molar-refractivity contribution in [2.24, 2.45) is 0 Å². The number of hydrogen-bond acceptors (Lipinski definition) is 12. The van der Waals surface area contributed by atoms with E-state index in [9.17, 15) is 34.3 Å². The first-order valence-corrected chi connectivity index (χ1v) is 15.1. The third-order valence-electron chi connectivity index (χ3n) is 6.80. The molecule has 47 heavy (non-hydrogen) atoms. The number of halogens is 1. The average molecular weight is 679 g/mol. The first-order valence-electron chi connectivity index (χ1n) is 14.7. The van der Waals surface area contributed by atoms with Crippen LogP contribution in [-0.4, -0.2) is 104 Å². The lowest BCUT2D eigenvalue weighted by Gasteiger charge is -2.15. The average Bonchev–Trinajstić information content (AvgIpc) is 3.44. The fraction of sp³-hybridized carbons (Fsp3) is 0.467. The molecule has 0 spiro atoms. The van der Waals surface area contributed by atoms with Crippen LogP contribution in [0.15, 0.2) is 24.3 Å². The maximum Gasteiger partial charge on any atom is 0.492 e. The van der Waals surface area contributed by atoms with Gasteiger partial charge in [-0.3, -0.25) is 14.4 Å². The second-order valence-electron chi connectivity index (χ2n) is 10.9. The molecule has 0 aromatic heterocycles. The number of phenols is 1. The Morgan fingerprint density at radius 3 is 1.62 bits per heavy atom. The number of amides is 2. The molecular formula is C30H41B2ClN2O12. The molecule has 0 saturated carbocycles. The standard InChI is InChI=1S/C15H20BNO6.C12H15BO5.C3H6ClNO/c1-5-21-13(18)8-12-14-9(2)6-10(22-15(19)17(3)4)7-11(14)16(20)23-12;1-3-17-11(15)6-10-12-7(2)4-8(14)5-9(12)13(16)18-10;1-5(2)3(4)6/h6-7,12,20H,5,8H2,1-4H3;4-5,10,14,16H,3,6H2,1-2H3;1-2H3. The van der Waals surface area contributed by atoms with Crippen molar-refractivity contribution < 1.29 is 57.9 Å². The van der Waals surface area contributed by atoms with Gasteiger partial charge in [-0.25, -0.2) is 4.79 Å². The highest BCUT2D eigenvalue weighted by molar-refractivity contribution is 6.63. The van der Waals surface area contributed by atoms with Gasteiger partial charge in [-0.1, -0.05) is 0 Å². The summed E-state index contributed by atoms with van der Waals surface area (Å²) in [4.78, 5) is 47.2. The van der Waals surface area contributed by atoms with Crippen LogP contribution in [0.2, 0.25) is 0 Å². The maximum atomic E-state index is 11.7. The fourth-order valence-electron chi connectivity index (χ4n) is 4.77. The molecule has 17 heteroatoms. The highest BCUT2D eigenvalue weighted by Gasteiger charge is 2.39. The van der Waals surface area contributed by atoms with E-state index in [1.807, 2.05) is 6.92 Å². The lowest BCUT2D eigenvalue weighted by atomic mass is 9.77. The quantitative estimate of drug-likeness (QED) is 0.168.